The van der Waals surface area contributed by atoms with Gasteiger partial charge in [-0.25, -0.2) is 0 Å². The van der Waals surface area contributed by atoms with Crippen molar-refractivity contribution in [1.29, 1.82) is 5.26 Å². The van der Waals surface area contributed by atoms with E-state index in [1.54, 1.807) is 0 Å². The SMILES string of the molecule is CC(CF)c1ccc(C(=O)N(C2CCC(C#N)CC2)C2CC2)cc1. The van der Waals surface area contributed by atoms with Crippen molar-refractivity contribution in [3.63, 3.8) is 0 Å². The van der Waals surface area contributed by atoms with E-state index in [9.17, 15) is 9.18 Å². The minimum Gasteiger partial charge on any atom is -0.333 e. The molecule has 1 unspecified atom stereocenters. The maximum Gasteiger partial charge on any atom is 0.254 e. The van der Waals surface area contributed by atoms with Gasteiger partial charge in [-0.05, 0) is 56.2 Å². The molecular formula is C20H25FN2O. The van der Waals surface area contributed by atoms with E-state index < -0.39 is 0 Å². The smallest absolute Gasteiger partial charge is 0.254 e. The highest BCUT2D eigenvalue weighted by molar-refractivity contribution is 5.95. The molecule has 0 N–H and O–H groups in total. The summed E-state index contributed by atoms with van der Waals surface area (Å²) in [4.78, 5) is 15.1. The van der Waals surface area contributed by atoms with Gasteiger partial charge in [0.05, 0.1) is 12.7 Å². The lowest BCUT2D eigenvalue weighted by Crippen LogP contribution is -2.43. The molecule has 0 bridgehead atoms. The molecular weight excluding hydrogens is 303 g/mol. The van der Waals surface area contributed by atoms with E-state index in [1.165, 1.54) is 0 Å². The van der Waals surface area contributed by atoms with E-state index >= 15 is 0 Å². The molecule has 1 aromatic rings. The Kier molecular flexibility index (Phi) is 5.18. The molecule has 2 saturated carbocycles. The van der Waals surface area contributed by atoms with Crippen molar-refractivity contribution in [2.24, 2.45) is 5.92 Å². The Bertz CT molecular complexity index is 610. The van der Waals surface area contributed by atoms with Crippen LogP contribution in [0.25, 0.3) is 0 Å². The largest absolute Gasteiger partial charge is 0.333 e. The van der Waals surface area contributed by atoms with Crippen molar-refractivity contribution in [3.05, 3.63) is 35.4 Å². The Morgan fingerprint density at radius 1 is 1.17 bits per heavy atom. The number of hydrogen-bond acceptors (Lipinski definition) is 2. The molecule has 3 nitrogen and oxygen atoms in total. The van der Waals surface area contributed by atoms with Gasteiger partial charge in [-0.1, -0.05) is 19.1 Å². The van der Waals surface area contributed by atoms with Gasteiger partial charge in [0.1, 0.15) is 0 Å². The molecule has 0 spiro atoms. The maximum absolute atomic E-state index is 13.0. The molecule has 2 aliphatic carbocycles. The Morgan fingerprint density at radius 2 is 1.71 bits per heavy atom. The minimum absolute atomic E-state index is 0.0948. The van der Waals surface area contributed by atoms with Crippen molar-refractivity contribution in [2.75, 3.05) is 6.67 Å². The molecule has 0 aliphatic heterocycles. The third-order valence-corrected chi connectivity index (χ3v) is 5.41. The summed E-state index contributed by atoms with van der Waals surface area (Å²) in [7, 11) is 0. The van der Waals surface area contributed by atoms with Gasteiger partial charge >= 0.3 is 0 Å². The van der Waals surface area contributed by atoms with Crippen molar-refractivity contribution < 1.29 is 9.18 Å². The molecule has 0 radical (unpaired) electrons. The Morgan fingerprint density at radius 3 is 2.17 bits per heavy atom. The lowest BCUT2D eigenvalue weighted by Gasteiger charge is -2.36. The monoisotopic (exact) mass is 328 g/mol. The zero-order valence-corrected chi connectivity index (χ0v) is 14.2. The summed E-state index contributed by atoms with van der Waals surface area (Å²) in [6.45, 7) is 1.46. The predicted octanol–water partition coefficient (Wildman–Crippen LogP) is 4.45. The summed E-state index contributed by atoms with van der Waals surface area (Å²) in [6.07, 6.45) is 5.81. The average molecular weight is 328 g/mol. The molecule has 128 valence electrons. The average Bonchev–Trinajstić information content (AvgIpc) is 3.47. The molecule has 1 aromatic carbocycles. The third kappa shape index (κ3) is 3.61. The number of halogens is 1. The van der Waals surface area contributed by atoms with E-state index in [1.807, 2.05) is 31.2 Å². The van der Waals surface area contributed by atoms with E-state index in [0.29, 0.717) is 11.6 Å². The van der Waals surface area contributed by atoms with Gasteiger partial charge in [-0.15, -0.1) is 0 Å². The highest BCUT2D eigenvalue weighted by Gasteiger charge is 2.39. The topological polar surface area (TPSA) is 44.1 Å². The van der Waals surface area contributed by atoms with Crippen LogP contribution < -0.4 is 0 Å². The van der Waals surface area contributed by atoms with Gasteiger partial charge in [-0.2, -0.15) is 5.26 Å². The van der Waals surface area contributed by atoms with Crippen molar-refractivity contribution >= 4 is 5.91 Å². The van der Waals surface area contributed by atoms with E-state index in [2.05, 4.69) is 11.0 Å². The maximum atomic E-state index is 13.0. The normalized spacial score (nSPS) is 24.9. The summed E-state index contributed by atoms with van der Waals surface area (Å²) in [5.41, 5.74) is 1.63. The zero-order chi connectivity index (χ0) is 17.1. The zero-order valence-electron chi connectivity index (χ0n) is 14.2. The molecule has 4 heteroatoms. The van der Waals surface area contributed by atoms with Crippen LogP contribution in [0.5, 0.6) is 0 Å². The van der Waals surface area contributed by atoms with E-state index in [0.717, 1.165) is 44.1 Å². The Hall–Kier alpha value is -1.89. The van der Waals surface area contributed by atoms with Gasteiger partial charge in [0.2, 0.25) is 0 Å². The lowest BCUT2D eigenvalue weighted by atomic mass is 9.86. The fourth-order valence-corrected chi connectivity index (χ4v) is 3.66. The number of rotatable bonds is 5. The van der Waals surface area contributed by atoms with E-state index in [4.69, 9.17) is 5.26 Å². The Labute approximate surface area is 143 Å². The van der Waals surface area contributed by atoms with Crippen molar-refractivity contribution in [3.8, 4) is 6.07 Å². The van der Waals surface area contributed by atoms with Crippen molar-refractivity contribution in [1.82, 2.24) is 4.90 Å². The number of carbonyl (C=O) groups excluding carboxylic acids is 1. The molecule has 1 amide bonds. The molecule has 2 aliphatic rings. The summed E-state index contributed by atoms with van der Waals surface area (Å²) < 4.78 is 12.8. The van der Waals surface area contributed by atoms with Crippen molar-refractivity contribution in [2.45, 2.75) is 63.5 Å². The second kappa shape index (κ2) is 7.34. The van der Waals surface area contributed by atoms with Gasteiger partial charge in [0, 0.05) is 29.5 Å². The number of benzene rings is 1. The fraction of sp³-hybridized carbons (Fsp3) is 0.600. The third-order valence-electron chi connectivity index (χ3n) is 5.41. The minimum atomic E-state index is -0.385. The second-order valence-corrected chi connectivity index (χ2v) is 7.26. The Balaban J connectivity index is 1.72. The predicted molar refractivity (Wildman–Crippen MR) is 91.4 cm³/mol. The number of nitrogens with zero attached hydrogens (tertiary/aromatic N) is 2. The first-order valence-corrected chi connectivity index (χ1v) is 9.02. The molecule has 0 saturated heterocycles. The quantitative estimate of drug-likeness (QED) is 0.801. The molecule has 2 fully saturated rings. The van der Waals surface area contributed by atoms with E-state index in [-0.39, 0.29) is 30.5 Å². The number of nitriles is 1. The van der Waals surface area contributed by atoms with Gasteiger partial charge in [0.15, 0.2) is 0 Å². The van der Waals surface area contributed by atoms with Crippen LogP contribution in [0.2, 0.25) is 0 Å². The van der Waals surface area contributed by atoms with Crippen LogP contribution >= 0.6 is 0 Å². The van der Waals surface area contributed by atoms with Crippen LogP contribution in [0.3, 0.4) is 0 Å². The number of carbonyl (C=O) groups is 1. The van der Waals surface area contributed by atoms with Crippen LogP contribution in [0.1, 0.15) is 67.3 Å². The van der Waals surface area contributed by atoms with Gasteiger partial charge < -0.3 is 4.90 Å². The number of hydrogen-bond donors (Lipinski definition) is 0. The van der Waals surface area contributed by atoms with Gasteiger partial charge in [0.25, 0.3) is 5.91 Å². The molecule has 24 heavy (non-hydrogen) atoms. The summed E-state index contributed by atoms with van der Waals surface area (Å²) in [6, 6.07) is 10.4. The standard InChI is InChI=1S/C20H25FN2O/c1-14(12-21)16-4-6-17(7-5-16)20(24)23(19-10-11-19)18-8-2-15(13-22)3-9-18/h4-7,14-15,18-19H,2-3,8-12H2,1H3. The summed E-state index contributed by atoms with van der Waals surface area (Å²) in [5, 5.41) is 9.06. The molecule has 3 rings (SSSR count). The first-order valence-electron chi connectivity index (χ1n) is 9.02. The molecule has 0 heterocycles. The lowest BCUT2D eigenvalue weighted by molar-refractivity contribution is 0.0601. The molecule has 0 aromatic heterocycles. The van der Waals surface area contributed by atoms with Crippen LogP contribution in [-0.4, -0.2) is 29.6 Å². The summed E-state index contributed by atoms with van der Waals surface area (Å²) in [5.74, 6) is 0.117. The first-order chi connectivity index (χ1) is 11.6. The van der Waals surface area contributed by atoms with Gasteiger partial charge in [-0.3, -0.25) is 9.18 Å². The fourth-order valence-electron chi connectivity index (χ4n) is 3.66. The summed E-state index contributed by atoms with van der Waals surface area (Å²) >= 11 is 0. The molecule has 1 atom stereocenters. The number of amides is 1. The van der Waals surface area contributed by atoms with Crippen LogP contribution in [0.15, 0.2) is 24.3 Å². The number of alkyl halides is 1. The first kappa shape index (κ1) is 17.0. The second-order valence-electron chi connectivity index (χ2n) is 7.26. The highest BCUT2D eigenvalue weighted by Crippen LogP contribution is 2.36. The van der Waals surface area contributed by atoms with Crippen LogP contribution in [0, 0.1) is 17.2 Å². The highest BCUT2D eigenvalue weighted by atomic mass is 19.1. The van der Waals surface area contributed by atoms with Crippen LogP contribution in [-0.2, 0) is 0 Å². The van der Waals surface area contributed by atoms with Crippen LogP contribution in [0.4, 0.5) is 4.39 Å².